The molecule has 0 saturated heterocycles. The van der Waals surface area contributed by atoms with E-state index < -0.39 is 0 Å². The molecule has 7 heteroatoms. The Hall–Kier alpha value is -2.57. The van der Waals surface area contributed by atoms with Crippen molar-refractivity contribution in [2.24, 2.45) is 0 Å². The molecule has 0 aliphatic carbocycles. The van der Waals surface area contributed by atoms with E-state index in [9.17, 15) is 0 Å². The summed E-state index contributed by atoms with van der Waals surface area (Å²) in [5.74, 6) is 2.64. The third-order valence-corrected chi connectivity index (χ3v) is 6.68. The van der Waals surface area contributed by atoms with Gasteiger partial charge in [0.05, 0.1) is 6.61 Å². The van der Waals surface area contributed by atoms with Crippen LogP contribution in [-0.2, 0) is 0 Å². The molecule has 0 atom stereocenters. The lowest BCUT2D eigenvalue weighted by Crippen LogP contribution is -2.12. The van der Waals surface area contributed by atoms with Crippen molar-refractivity contribution in [2.45, 2.75) is 124 Å². The minimum Gasteiger partial charge on any atom is -0.494 e. The predicted molar refractivity (Wildman–Crippen MR) is 163 cm³/mol. The van der Waals surface area contributed by atoms with Crippen molar-refractivity contribution in [3.63, 3.8) is 0 Å². The van der Waals surface area contributed by atoms with Crippen molar-refractivity contribution in [2.75, 3.05) is 35.6 Å². The van der Waals surface area contributed by atoms with E-state index >= 15 is 0 Å². The quantitative estimate of drug-likeness (QED) is 0.118. The van der Waals surface area contributed by atoms with Gasteiger partial charge in [-0.3, -0.25) is 0 Å². The molecule has 38 heavy (non-hydrogen) atoms. The molecule has 3 N–H and O–H groups in total. The molecule has 1 aromatic carbocycles. The van der Waals surface area contributed by atoms with Crippen LogP contribution in [0.15, 0.2) is 24.3 Å². The van der Waals surface area contributed by atoms with Crippen molar-refractivity contribution in [1.29, 1.82) is 0 Å². The Morgan fingerprint density at radius 2 is 0.947 bits per heavy atom. The van der Waals surface area contributed by atoms with Crippen LogP contribution in [0.1, 0.15) is 124 Å². The topological polar surface area (TPSA) is 84.0 Å². The fraction of sp³-hybridized carbons (Fsp3) is 0.710. The second-order valence-corrected chi connectivity index (χ2v) is 10.2. The Balaban J connectivity index is 1.84. The van der Waals surface area contributed by atoms with E-state index in [1.54, 1.807) is 0 Å². The summed E-state index contributed by atoms with van der Waals surface area (Å²) >= 11 is 0. The molecule has 0 unspecified atom stereocenters. The summed E-state index contributed by atoms with van der Waals surface area (Å²) in [7, 11) is 0. The highest BCUT2D eigenvalue weighted by Gasteiger charge is 2.07. The molecule has 0 aliphatic rings. The molecule has 0 bridgehead atoms. The number of nitrogens with zero attached hydrogens (tertiary/aromatic N) is 3. The Labute approximate surface area is 232 Å². The van der Waals surface area contributed by atoms with Crippen molar-refractivity contribution in [3.05, 3.63) is 24.3 Å². The van der Waals surface area contributed by atoms with Crippen LogP contribution in [0, 0.1) is 0 Å². The highest BCUT2D eigenvalue weighted by atomic mass is 16.5. The van der Waals surface area contributed by atoms with Gasteiger partial charge in [0, 0.05) is 18.8 Å². The zero-order chi connectivity index (χ0) is 27.1. The summed E-state index contributed by atoms with van der Waals surface area (Å²) in [4.78, 5) is 13.9. The van der Waals surface area contributed by atoms with Gasteiger partial charge in [-0.1, -0.05) is 104 Å². The lowest BCUT2D eigenvalue weighted by Gasteiger charge is -2.12. The number of ether oxygens (including phenoxy) is 1. The minimum atomic E-state index is 0.543. The SMILES string of the molecule is CCCCCCCCCCNc1nc(NCCCCCCCCCC)nc(Nc2ccc(OCC)cc2)n1. The third-order valence-electron chi connectivity index (χ3n) is 6.68. The lowest BCUT2D eigenvalue weighted by atomic mass is 10.1. The van der Waals surface area contributed by atoms with Crippen molar-refractivity contribution in [3.8, 4) is 5.75 Å². The Kier molecular flexibility index (Phi) is 17.8. The van der Waals surface area contributed by atoms with Crippen LogP contribution >= 0.6 is 0 Å². The second-order valence-electron chi connectivity index (χ2n) is 10.2. The fourth-order valence-electron chi connectivity index (χ4n) is 4.44. The summed E-state index contributed by atoms with van der Waals surface area (Å²) in [6.07, 6.45) is 20.8. The summed E-state index contributed by atoms with van der Waals surface area (Å²) in [6, 6.07) is 7.87. The molecule has 7 nitrogen and oxygen atoms in total. The summed E-state index contributed by atoms with van der Waals surface area (Å²) in [6.45, 7) is 8.92. The normalized spacial score (nSPS) is 10.9. The molecular weight excluding hydrogens is 472 g/mol. The second kappa shape index (κ2) is 21.4. The largest absolute Gasteiger partial charge is 0.494 e. The van der Waals surface area contributed by atoms with E-state index in [4.69, 9.17) is 4.74 Å². The van der Waals surface area contributed by atoms with Crippen LogP contribution in [0.3, 0.4) is 0 Å². The maximum absolute atomic E-state index is 5.55. The molecule has 0 spiro atoms. The molecule has 0 amide bonds. The number of hydrogen-bond acceptors (Lipinski definition) is 7. The number of benzene rings is 1. The highest BCUT2D eigenvalue weighted by molar-refractivity contribution is 5.56. The standard InChI is InChI=1S/C31H54N6O/c1-4-7-9-11-13-15-17-19-25-32-29-35-30(33-26-20-18-16-14-12-10-8-5-2)37-31(36-29)34-27-21-23-28(24-22-27)38-6-3/h21-24H,4-20,25-26H2,1-3H3,(H3,32,33,34,35,36,37). The summed E-state index contributed by atoms with van der Waals surface area (Å²) < 4.78 is 5.55. The van der Waals surface area contributed by atoms with E-state index in [-0.39, 0.29) is 0 Å². The van der Waals surface area contributed by atoms with Gasteiger partial charge in [-0.05, 0) is 44.0 Å². The first-order valence-electron chi connectivity index (χ1n) is 15.5. The molecule has 214 valence electrons. The first kappa shape index (κ1) is 31.6. The third kappa shape index (κ3) is 15.0. The molecule has 0 saturated carbocycles. The highest BCUT2D eigenvalue weighted by Crippen LogP contribution is 2.20. The number of anilines is 4. The van der Waals surface area contributed by atoms with Gasteiger partial charge in [0.25, 0.3) is 0 Å². The predicted octanol–water partition coefficient (Wildman–Crippen LogP) is 9.12. The molecule has 0 radical (unpaired) electrons. The van der Waals surface area contributed by atoms with Crippen LogP contribution in [0.4, 0.5) is 23.5 Å². The van der Waals surface area contributed by atoms with Crippen LogP contribution in [0.25, 0.3) is 0 Å². The van der Waals surface area contributed by atoms with Gasteiger partial charge < -0.3 is 20.7 Å². The van der Waals surface area contributed by atoms with Gasteiger partial charge in [0.15, 0.2) is 0 Å². The van der Waals surface area contributed by atoms with Crippen LogP contribution in [0.5, 0.6) is 5.75 Å². The van der Waals surface area contributed by atoms with Crippen LogP contribution in [0.2, 0.25) is 0 Å². The first-order chi connectivity index (χ1) is 18.7. The molecule has 1 heterocycles. The molecule has 2 rings (SSSR count). The zero-order valence-electron chi connectivity index (χ0n) is 24.5. The van der Waals surface area contributed by atoms with E-state index in [1.165, 1.54) is 89.9 Å². The Morgan fingerprint density at radius 1 is 0.526 bits per heavy atom. The zero-order valence-corrected chi connectivity index (χ0v) is 24.5. The van der Waals surface area contributed by atoms with Gasteiger partial charge in [0.2, 0.25) is 17.8 Å². The summed E-state index contributed by atoms with van der Waals surface area (Å²) in [5, 5.41) is 10.2. The maximum Gasteiger partial charge on any atom is 0.233 e. The van der Waals surface area contributed by atoms with Crippen LogP contribution < -0.4 is 20.7 Å². The van der Waals surface area contributed by atoms with Crippen molar-refractivity contribution < 1.29 is 4.74 Å². The molecule has 1 aromatic heterocycles. The van der Waals surface area contributed by atoms with Crippen LogP contribution in [-0.4, -0.2) is 34.6 Å². The number of unbranched alkanes of at least 4 members (excludes halogenated alkanes) is 14. The van der Waals surface area contributed by atoms with Crippen molar-refractivity contribution in [1.82, 2.24) is 15.0 Å². The fourth-order valence-corrected chi connectivity index (χ4v) is 4.44. The van der Waals surface area contributed by atoms with Crippen molar-refractivity contribution >= 4 is 23.5 Å². The minimum absolute atomic E-state index is 0.543. The van der Waals surface area contributed by atoms with Gasteiger partial charge in [-0.15, -0.1) is 0 Å². The van der Waals surface area contributed by atoms with Gasteiger partial charge in [-0.25, -0.2) is 0 Å². The first-order valence-corrected chi connectivity index (χ1v) is 15.5. The van der Waals surface area contributed by atoms with Gasteiger partial charge in [-0.2, -0.15) is 15.0 Å². The van der Waals surface area contributed by atoms with E-state index in [0.717, 1.165) is 37.4 Å². The number of aromatic nitrogens is 3. The van der Waals surface area contributed by atoms with Gasteiger partial charge >= 0.3 is 0 Å². The average molecular weight is 527 g/mol. The number of nitrogens with one attached hydrogen (secondary N) is 3. The van der Waals surface area contributed by atoms with E-state index in [2.05, 4.69) is 44.7 Å². The maximum atomic E-state index is 5.55. The van der Waals surface area contributed by atoms with E-state index in [1.807, 2.05) is 31.2 Å². The summed E-state index contributed by atoms with van der Waals surface area (Å²) in [5.41, 5.74) is 0.919. The molecule has 2 aromatic rings. The number of hydrogen-bond donors (Lipinski definition) is 3. The Bertz CT molecular complexity index is 789. The smallest absolute Gasteiger partial charge is 0.233 e. The monoisotopic (exact) mass is 526 g/mol. The molecular formula is C31H54N6O. The molecule has 0 aliphatic heterocycles. The Morgan fingerprint density at radius 3 is 1.39 bits per heavy atom. The van der Waals surface area contributed by atoms with Gasteiger partial charge in [0.1, 0.15) is 5.75 Å². The average Bonchev–Trinajstić information content (AvgIpc) is 2.92. The molecule has 0 fully saturated rings. The van der Waals surface area contributed by atoms with E-state index in [0.29, 0.717) is 24.5 Å². The lowest BCUT2D eigenvalue weighted by molar-refractivity contribution is 0.340. The number of rotatable bonds is 24.